The molecule has 0 unspecified atom stereocenters. The molecular weight excluding hydrogens is 414 g/mol. The first-order valence-electron chi connectivity index (χ1n) is 8.72. The van der Waals surface area contributed by atoms with Crippen LogP contribution in [0.2, 0.25) is 5.02 Å². The molecule has 1 aliphatic rings. The van der Waals surface area contributed by atoms with Crippen molar-refractivity contribution in [2.75, 3.05) is 0 Å². The van der Waals surface area contributed by atoms with E-state index in [2.05, 4.69) is 0 Å². The third kappa shape index (κ3) is 4.46. The van der Waals surface area contributed by atoms with Crippen molar-refractivity contribution in [2.24, 2.45) is 0 Å². The zero-order valence-electron chi connectivity index (χ0n) is 15.9. The summed E-state index contributed by atoms with van der Waals surface area (Å²) in [5.74, 6) is -0.568. The predicted octanol–water partition coefficient (Wildman–Crippen LogP) is 5.26. The fraction of sp³-hybridized carbons (Fsp3) is 0.190. The highest BCUT2D eigenvalue weighted by Gasteiger charge is 2.40. The van der Waals surface area contributed by atoms with Crippen LogP contribution in [0.25, 0.3) is 6.08 Å². The second-order valence-electron chi connectivity index (χ2n) is 6.61. The van der Waals surface area contributed by atoms with Crippen molar-refractivity contribution in [1.82, 2.24) is 4.90 Å². The van der Waals surface area contributed by atoms with Crippen LogP contribution in [0, 0.1) is 13.8 Å². The first-order valence-corrected chi connectivity index (χ1v) is 9.91. The van der Waals surface area contributed by atoms with Crippen LogP contribution in [0.3, 0.4) is 0 Å². The Morgan fingerprint density at radius 3 is 2.28 bits per heavy atom. The van der Waals surface area contributed by atoms with Crippen LogP contribution in [-0.2, 0) is 9.59 Å². The Morgan fingerprint density at radius 2 is 1.72 bits per heavy atom. The van der Waals surface area contributed by atoms with Crippen LogP contribution in [0.5, 0.6) is 11.5 Å². The lowest BCUT2D eigenvalue weighted by Gasteiger charge is -2.16. The number of halogens is 1. The summed E-state index contributed by atoms with van der Waals surface area (Å²) < 4.78 is 5.85. The van der Waals surface area contributed by atoms with Gasteiger partial charge in [0.15, 0.2) is 0 Å². The third-order valence-electron chi connectivity index (χ3n) is 4.39. The van der Waals surface area contributed by atoms with Crippen molar-refractivity contribution in [3.63, 3.8) is 0 Å². The predicted molar refractivity (Wildman–Crippen MR) is 112 cm³/mol. The van der Waals surface area contributed by atoms with Crippen LogP contribution in [0.15, 0.2) is 41.3 Å². The lowest BCUT2D eigenvalue weighted by atomic mass is 10.1. The molecule has 2 aromatic rings. The van der Waals surface area contributed by atoms with E-state index in [-0.39, 0.29) is 4.91 Å². The zero-order valence-corrected chi connectivity index (χ0v) is 17.5. The number of carboxylic acid groups (broad SMARTS) is 1. The summed E-state index contributed by atoms with van der Waals surface area (Å²) in [5.41, 5.74) is 2.53. The molecule has 0 aromatic heterocycles. The number of rotatable bonds is 5. The molecule has 1 fully saturated rings. The fourth-order valence-corrected chi connectivity index (χ4v) is 3.83. The Labute approximate surface area is 177 Å². The van der Waals surface area contributed by atoms with E-state index in [1.165, 1.54) is 6.92 Å². The van der Waals surface area contributed by atoms with E-state index in [1.807, 2.05) is 26.0 Å². The lowest BCUT2D eigenvalue weighted by Crippen LogP contribution is -2.41. The molecule has 150 valence electrons. The average Bonchev–Trinajstić information content (AvgIpc) is 2.94. The van der Waals surface area contributed by atoms with Gasteiger partial charge in [0.25, 0.3) is 11.1 Å². The number of aliphatic carboxylic acids is 1. The SMILES string of the molecule is Cc1cc(Oc2ccc(/C=C3\SC(=O)N([C@H](C)C(=O)O)C3=O)cc2)cc(C)c1Cl. The quantitative estimate of drug-likeness (QED) is 0.650. The molecule has 1 saturated heterocycles. The Kier molecular flexibility index (Phi) is 6.00. The number of benzene rings is 2. The van der Waals surface area contributed by atoms with Gasteiger partial charge in [-0.05, 0) is 79.6 Å². The Hall–Kier alpha value is -2.77. The minimum Gasteiger partial charge on any atom is -0.480 e. The molecule has 0 radical (unpaired) electrons. The molecule has 1 N–H and O–H groups in total. The number of carboxylic acids is 1. The second-order valence-corrected chi connectivity index (χ2v) is 7.98. The van der Waals surface area contributed by atoms with E-state index in [9.17, 15) is 14.4 Å². The largest absolute Gasteiger partial charge is 0.480 e. The van der Waals surface area contributed by atoms with Crippen molar-refractivity contribution >= 4 is 46.6 Å². The van der Waals surface area contributed by atoms with Crippen molar-refractivity contribution in [3.8, 4) is 11.5 Å². The first kappa shape index (κ1) is 21.0. The van der Waals surface area contributed by atoms with Crippen molar-refractivity contribution in [1.29, 1.82) is 0 Å². The number of carbonyl (C=O) groups is 3. The number of aryl methyl sites for hydroxylation is 2. The fourth-order valence-electron chi connectivity index (χ4n) is 2.81. The summed E-state index contributed by atoms with van der Waals surface area (Å²) in [6.45, 7) is 5.11. The zero-order chi connectivity index (χ0) is 21.3. The molecule has 2 amide bonds. The molecule has 2 aromatic carbocycles. The maximum Gasteiger partial charge on any atom is 0.326 e. The van der Waals surface area contributed by atoms with Crippen LogP contribution in [0.4, 0.5) is 4.79 Å². The molecule has 0 spiro atoms. The standard InChI is InChI=1S/C21H18ClNO5S/c1-11-8-16(9-12(2)18(11)22)28-15-6-4-14(5-7-15)10-17-19(24)23(21(27)29-17)13(3)20(25)26/h4-10,13H,1-3H3,(H,25,26)/b17-10-/t13-/m1/s1. The van der Waals surface area contributed by atoms with Crippen LogP contribution < -0.4 is 4.74 Å². The highest BCUT2D eigenvalue weighted by molar-refractivity contribution is 8.18. The summed E-state index contributed by atoms with van der Waals surface area (Å²) in [7, 11) is 0. The molecule has 0 bridgehead atoms. The van der Waals surface area contributed by atoms with Gasteiger partial charge in [0.2, 0.25) is 0 Å². The van der Waals surface area contributed by atoms with Gasteiger partial charge in [-0.15, -0.1) is 0 Å². The first-order chi connectivity index (χ1) is 13.7. The molecule has 8 heteroatoms. The molecular formula is C21H18ClNO5S. The van der Waals surface area contributed by atoms with Crippen LogP contribution in [0.1, 0.15) is 23.6 Å². The summed E-state index contributed by atoms with van der Waals surface area (Å²) in [6, 6.07) is 9.48. The molecule has 1 atom stereocenters. The minimum atomic E-state index is -1.23. The van der Waals surface area contributed by atoms with Gasteiger partial charge in [-0.25, -0.2) is 4.79 Å². The number of hydrogen-bond acceptors (Lipinski definition) is 5. The molecule has 3 rings (SSSR count). The maximum absolute atomic E-state index is 12.4. The summed E-state index contributed by atoms with van der Waals surface area (Å²) >= 11 is 6.90. The second kappa shape index (κ2) is 8.31. The van der Waals surface area contributed by atoms with Gasteiger partial charge in [-0.1, -0.05) is 23.7 Å². The van der Waals surface area contributed by atoms with Gasteiger partial charge in [-0.2, -0.15) is 0 Å². The van der Waals surface area contributed by atoms with E-state index >= 15 is 0 Å². The number of nitrogens with zero attached hydrogens (tertiary/aromatic N) is 1. The Morgan fingerprint density at radius 1 is 1.14 bits per heavy atom. The normalized spacial score (nSPS) is 16.4. The molecule has 0 saturated carbocycles. The third-order valence-corrected chi connectivity index (χ3v) is 5.87. The molecule has 0 aliphatic carbocycles. The van der Waals surface area contributed by atoms with Crippen molar-refractivity contribution < 1.29 is 24.2 Å². The maximum atomic E-state index is 12.4. The van der Waals surface area contributed by atoms with Crippen molar-refractivity contribution in [2.45, 2.75) is 26.8 Å². The van der Waals surface area contributed by atoms with Gasteiger partial charge >= 0.3 is 5.97 Å². The lowest BCUT2D eigenvalue weighted by molar-refractivity contribution is -0.145. The smallest absolute Gasteiger partial charge is 0.326 e. The van der Waals surface area contributed by atoms with Gasteiger partial charge in [0.1, 0.15) is 17.5 Å². The van der Waals surface area contributed by atoms with Crippen LogP contribution in [-0.4, -0.2) is 33.2 Å². The van der Waals surface area contributed by atoms with Crippen LogP contribution >= 0.6 is 23.4 Å². The van der Waals surface area contributed by atoms with E-state index in [0.717, 1.165) is 27.8 Å². The Balaban J connectivity index is 1.76. The highest BCUT2D eigenvalue weighted by Crippen LogP contribution is 2.34. The van der Waals surface area contributed by atoms with E-state index in [4.69, 9.17) is 21.4 Å². The number of amides is 2. The minimum absolute atomic E-state index is 0.181. The van der Waals surface area contributed by atoms with E-state index < -0.39 is 23.2 Å². The van der Waals surface area contributed by atoms with E-state index in [1.54, 1.807) is 30.3 Å². The summed E-state index contributed by atoms with van der Waals surface area (Å²) in [4.78, 5) is 36.4. The average molecular weight is 432 g/mol. The van der Waals surface area contributed by atoms with Crippen molar-refractivity contribution in [3.05, 3.63) is 63.0 Å². The summed E-state index contributed by atoms with van der Waals surface area (Å²) in [5, 5.41) is 9.17. The monoisotopic (exact) mass is 431 g/mol. The molecule has 1 heterocycles. The Bertz CT molecular complexity index is 1010. The highest BCUT2D eigenvalue weighted by atomic mass is 35.5. The summed E-state index contributed by atoms with van der Waals surface area (Å²) in [6.07, 6.45) is 1.56. The molecule has 1 aliphatic heterocycles. The van der Waals surface area contributed by atoms with Gasteiger partial charge < -0.3 is 9.84 Å². The van der Waals surface area contributed by atoms with Gasteiger partial charge in [0.05, 0.1) is 4.91 Å². The topological polar surface area (TPSA) is 83.9 Å². The molecule has 29 heavy (non-hydrogen) atoms. The number of thioether (sulfide) groups is 1. The molecule has 6 nitrogen and oxygen atoms in total. The van der Waals surface area contributed by atoms with Gasteiger partial charge in [-0.3, -0.25) is 14.5 Å². The number of carbonyl (C=O) groups excluding carboxylic acids is 2. The number of ether oxygens (including phenoxy) is 1. The number of imide groups is 1. The number of hydrogen-bond donors (Lipinski definition) is 1. The van der Waals surface area contributed by atoms with Gasteiger partial charge in [0, 0.05) is 5.02 Å². The van der Waals surface area contributed by atoms with E-state index in [0.29, 0.717) is 22.1 Å².